The number of thiazole rings is 2. The van der Waals surface area contributed by atoms with E-state index in [1.54, 1.807) is 12.1 Å². The van der Waals surface area contributed by atoms with E-state index in [4.69, 9.17) is 10.3 Å². The number of methoxy groups -OCH3 is 1. The Morgan fingerprint density at radius 3 is 2.53 bits per heavy atom. The van der Waals surface area contributed by atoms with Crippen LogP contribution in [0.1, 0.15) is 50.5 Å². The quantitative estimate of drug-likeness (QED) is 0.228. The summed E-state index contributed by atoms with van der Waals surface area (Å²) in [6.45, 7) is 1.68. The molecule has 1 aromatic carbocycles. The molecule has 0 saturated heterocycles. The second-order valence-corrected chi connectivity index (χ2v) is 10.0. The maximum atomic E-state index is 12.8. The molecule has 2 aromatic heterocycles. The fourth-order valence-electron chi connectivity index (χ4n) is 3.18. The Morgan fingerprint density at radius 1 is 1.24 bits per heavy atom. The van der Waals surface area contributed by atoms with Crippen LogP contribution in [-0.4, -0.2) is 48.5 Å². The van der Waals surface area contributed by atoms with Crippen molar-refractivity contribution in [3.05, 3.63) is 62.0 Å². The summed E-state index contributed by atoms with van der Waals surface area (Å²) < 4.78 is 37.6. The third kappa shape index (κ3) is 6.36. The van der Waals surface area contributed by atoms with E-state index in [1.165, 1.54) is 47.4 Å². The van der Waals surface area contributed by atoms with Gasteiger partial charge in [-0.1, -0.05) is 19.1 Å². The average molecular weight is 526 g/mol. The highest BCUT2D eigenvalue weighted by atomic mass is 32.2. The third-order valence-corrected chi connectivity index (χ3v) is 7.22. The van der Waals surface area contributed by atoms with Crippen LogP contribution in [0.3, 0.4) is 0 Å². The van der Waals surface area contributed by atoms with Crippen LogP contribution in [0.15, 0.2) is 35.2 Å². The van der Waals surface area contributed by atoms with Crippen molar-refractivity contribution in [2.45, 2.75) is 25.3 Å². The number of carbonyl (C=O) groups is 2. The van der Waals surface area contributed by atoms with Crippen LogP contribution in [0, 0.1) is 0 Å². The van der Waals surface area contributed by atoms with Crippen molar-refractivity contribution in [1.29, 1.82) is 0 Å². The molecule has 0 saturated carbocycles. The molecule has 2 atom stereocenters. The Morgan fingerprint density at radius 2 is 1.94 bits per heavy atom. The number of amides is 1. The van der Waals surface area contributed by atoms with Gasteiger partial charge in [-0.15, -0.1) is 22.7 Å². The number of nitrogens with two attached hydrogens (primary N) is 1. The average Bonchev–Trinajstić information content (AvgIpc) is 3.47. The number of aryl methyl sites for hydroxylation is 1. The van der Waals surface area contributed by atoms with Crippen molar-refractivity contribution >= 4 is 50.5 Å². The fourth-order valence-corrected chi connectivity index (χ4v) is 5.34. The minimum absolute atomic E-state index is 0.130. The van der Waals surface area contributed by atoms with E-state index in [-0.39, 0.29) is 17.9 Å². The standard InChI is InChI=1S/C20H23N5O6S3/c1-3-14-24-13(9-32-14)16(17(21)11-4-6-12(7-5-11)25-34(28,29)30)19-18(23-10-33-19)20(27)22-8-15(26)31-2/h4-7,9-10,16-17,25H,3,8,21H2,1-2H3,(H,22,27)(H,28,29,30)/t16?,17-/m1/s1. The molecule has 3 rings (SSSR count). The molecule has 0 radical (unpaired) electrons. The van der Waals surface area contributed by atoms with Gasteiger partial charge in [-0.3, -0.25) is 18.9 Å². The number of anilines is 1. The van der Waals surface area contributed by atoms with Gasteiger partial charge in [-0.25, -0.2) is 9.97 Å². The van der Waals surface area contributed by atoms with Gasteiger partial charge in [0.2, 0.25) is 0 Å². The Labute approximate surface area is 204 Å². The summed E-state index contributed by atoms with van der Waals surface area (Å²) in [5, 5.41) is 5.28. The van der Waals surface area contributed by atoms with Gasteiger partial charge in [0.15, 0.2) is 0 Å². The van der Waals surface area contributed by atoms with E-state index in [2.05, 4.69) is 20.0 Å². The van der Waals surface area contributed by atoms with E-state index in [1.807, 2.05) is 17.0 Å². The minimum Gasteiger partial charge on any atom is -0.468 e. The van der Waals surface area contributed by atoms with Gasteiger partial charge < -0.3 is 15.8 Å². The zero-order chi connectivity index (χ0) is 24.9. The van der Waals surface area contributed by atoms with Gasteiger partial charge in [0.05, 0.1) is 34.9 Å². The van der Waals surface area contributed by atoms with Crippen LogP contribution in [0.2, 0.25) is 0 Å². The lowest BCUT2D eigenvalue weighted by Crippen LogP contribution is -2.32. The lowest BCUT2D eigenvalue weighted by molar-refractivity contribution is -0.139. The first kappa shape index (κ1) is 25.7. The largest absolute Gasteiger partial charge is 0.468 e. The molecule has 0 fully saturated rings. The number of hydrogen-bond donors (Lipinski definition) is 4. The first-order valence-corrected chi connectivity index (χ1v) is 13.2. The maximum absolute atomic E-state index is 12.8. The number of aromatic nitrogens is 2. The van der Waals surface area contributed by atoms with Gasteiger partial charge in [-0.2, -0.15) is 8.42 Å². The van der Waals surface area contributed by atoms with Crippen LogP contribution in [0.25, 0.3) is 0 Å². The molecule has 2 heterocycles. The summed E-state index contributed by atoms with van der Waals surface area (Å²) in [5.74, 6) is -1.68. The van der Waals surface area contributed by atoms with Crippen molar-refractivity contribution in [3.8, 4) is 0 Å². The molecule has 1 unspecified atom stereocenters. The lowest BCUT2D eigenvalue weighted by Gasteiger charge is -2.23. The predicted octanol–water partition coefficient (Wildman–Crippen LogP) is 2.11. The van der Waals surface area contributed by atoms with Crippen molar-refractivity contribution in [1.82, 2.24) is 15.3 Å². The zero-order valence-electron chi connectivity index (χ0n) is 18.2. The summed E-state index contributed by atoms with van der Waals surface area (Å²) in [7, 11) is -3.18. The number of carbonyl (C=O) groups excluding carboxylic acids is 2. The SMILES string of the molecule is CCc1nc(C(c2scnc2C(=O)NCC(=O)OC)[C@H](N)c2ccc(NS(=O)(=O)O)cc2)cs1. The summed E-state index contributed by atoms with van der Waals surface area (Å²) in [6.07, 6.45) is 0.734. The predicted molar refractivity (Wildman–Crippen MR) is 128 cm³/mol. The van der Waals surface area contributed by atoms with Crippen molar-refractivity contribution < 1.29 is 27.3 Å². The van der Waals surface area contributed by atoms with Crippen LogP contribution in [0.4, 0.5) is 5.69 Å². The molecule has 0 aliphatic heterocycles. The van der Waals surface area contributed by atoms with E-state index in [0.29, 0.717) is 16.1 Å². The summed E-state index contributed by atoms with van der Waals surface area (Å²) in [5.41, 5.74) is 9.78. The smallest absolute Gasteiger partial charge is 0.357 e. The highest BCUT2D eigenvalue weighted by Crippen LogP contribution is 2.39. The van der Waals surface area contributed by atoms with E-state index in [0.717, 1.165) is 11.4 Å². The van der Waals surface area contributed by atoms with Crippen LogP contribution in [0.5, 0.6) is 0 Å². The monoisotopic (exact) mass is 525 g/mol. The molecule has 182 valence electrons. The number of hydrogen-bond acceptors (Lipinski definition) is 10. The molecule has 0 bridgehead atoms. The summed E-state index contributed by atoms with van der Waals surface area (Å²) >= 11 is 2.72. The summed E-state index contributed by atoms with van der Waals surface area (Å²) in [6, 6.07) is 5.51. The molecule has 0 aliphatic rings. The van der Waals surface area contributed by atoms with Crippen molar-refractivity contribution in [2.24, 2.45) is 5.73 Å². The second kappa shape index (κ2) is 11.0. The number of esters is 1. The van der Waals surface area contributed by atoms with Gasteiger partial charge >= 0.3 is 16.3 Å². The zero-order valence-corrected chi connectivity index (χ0v) is 20.7. The highest BCUT2D eigenvalue weighted by molar-refractivity contribution is 7.87. The first-order chi connectivity index (χ1) is 16.1. The molecule has 34 heavy (non-hydrogen) atoms. The molecule has 5 N–H and O–H groups in total. The molecule has 1 amide bonds. The normalized spacial score (nSPS) is 13.2. The Kier molecular flexibility index (Phi) is 8.33. The molecular weight excluding hydrogens is 502 g/mol. The number of nitrogens with one attached hydrogen (secondary N) is 2. The Balaban J connectivity index is 1.97. The summed E-state index contributed by atoms with van der Waals surface area (Å²) in [4.78, 5) is 33.6. The van der Waals surface area contributed by atoms with Gasteiger partial charge in [0.1, 0.15) is 12.2 Å². The Hall–Kier alpha value is -2.91. The molecule has 14 heteroatoms. The third-order valence-electron chi connectivity index (χ3n) is 4.81. The molecule has 3 aromatic rings. The minimum atomic E-state index is -4.41. The van der Waals surface area contributed by atoms with Gasteiger partial charge in [-0.05, 0) is 24.1 Å². The number of ether oxygens (including phenoxy) is 1. The van der Waals surface area contributed by atoms with Crippen LogP contribution < -0.4 is 15.8 Å². The van der Waals surface area contributed by atoms with E-state index in [9.17, 15) is 18.0 Å². The molecule has 11 nitrogen and oxygen atoms in total. The highest BCUT2D eigenvalue weighted by Gasteiger charge is 2.32. The van der Waals surface area contributed by atoms with Crippen molar-refractivity contribution in [2.75, 3.05) is 18.4 Å². The number of rotatable bonds is 10. The van der Waals surface area contributed by atoms with E-state index >= 15 is 0 Å². The van der Waals surface area contributed by atoms with Gasteiger partial charge in [0, 0.05) is 16.3 Å². The number of benzene rings is 1. The van der Waals surface area contributed by atoms with Crippen LogP contribution in [-0.2, 0) is 26.3 Å². The lowest BCUT2D eigenvalue weighted by atomic mass is 9.89. The Bertz CT molecular complexity index is 1260. The molecule has 0 spiro atoms. The topological polar surface area (TPSA) is 174 Å². The first-order valence-electron chi connectivity index (χ1n) is 9.96. The van der Waals surface area contributed by atoms with E-state index < -0.39 is 34.1 Å². The molecule has 0 aliphatic carbocycles. The van der Waals surface area contributed by atoms with Gasteiger partial charge in [0.25, 0.3) is 5.91 Å². The van der Waals surface area contributed by atoms with Crippen molar-refractivity contribution in [3.63, 3.8) is 0 Å². The van der Waals surface area contributed by atoms with Crippen LogP contribution >= 0.6 is 22.7 Å². The maximum Gasteiger partial charge on any atom is 0.357 e. The fraction of sp³-hybridized carbons (Fsp3) is 0.300. The molecular formula is C20H23N5O6S3. The second-order valence-electron chi connectivity index (χ2n) is 7.05. The number of nitrogens with zero attached hydrogens (tertiary/aromatic N) is 2.